The van der Waals surface area contributed by atoms with Gasteiger partial charge in [-0.1, -0.05) is 23.2 Å². The quantitative estimate of drug-likeness (QED) is 0.478. The summed E-state index contributed by atoms with van der Waals surface area (Å²) in [7, 11) is 0. The Morgan fingerprint density at radius 3 is 2.18 bits per heavy atom. The van der Waals surface area contributed by atoms with Crippen molar-refractivity contribution in [2.45, 2.75) is 6.18 Å². The summed E-state index contributed by atoms with van der Waals surface area (Å²) in [6, 6.07) is 4.64. The first kappa shape index (κ1) is 19.9. The molecule has 0 bridgehead atoms. The number of nitrogen functional groups attached to an aromatic ring is 1. The highest BCUT2D eigenvalue weighted by Crippen LogP contribution is 2.34. The molecule has 0 amide bonds. The standard InChI is InChI=1S/C16H10Cl2F4N6/c17-9-4-8(1-2-11(9)19)27-14-12(23)15(26-6-25-14)28-13-10(18)3-7(5-24-13)16(20,21)22/h1-6H,23H2,(H2,24,25,26,27,28). The highest BCUT2D eigenvalue weighted by Gasteiger charge is 2.31. The number of alkyl halides is 3. The average molecular weight is 433 g/mol. The molecule has 0 unspecified atom stereocenters. The van der Waals surface area contributed by atoms with Crippen molar-refractivity contribution in [1.29, 1.82) is 0 Å². The molecular weight excluding hydrogens is 423 g/mol. The number of halogens is 6. The van der Waals surface area contributed by atoms with E-state index in [2.05, 4.69) is 25.6 Å². The SMILES string of the molecule is Nc1c(Nc2ccc(F)c(Cl)c2)ncnc1Nc1ncc(C(F)(F)F)cc1Cl. The molecule has 3 aromatic rings. The molecule has 1 aromatic carbocycles. The monoisotopic (exact) mass is 432 g/mol. The summed E-state index contributed by atoms with van der Waals surface area (Å²) in [6.07, 6.45) is -2.79. The summed E-state index contributed by atoms with van der Waals surface area (Å²) < 4.78 is 51.4. The molecule has 2 heterocycles. The Morgan fingerprint density at radius 2 is 1.57 bits per heavy atom. The molecule has 0 aliphatic rings. The minimum atomic E-state index is -4.57. The van der Waals surface area contributed by atoms with Gasteiger partial charge >= 0.3 is 6.18 Å². The van der Waals surface area contributed by atoms with Crippen LogP contribution < -0.4 is 16.4 Å². The fraction of sp³-hybridized carbons (Fsp3) is 0.0625. The number of nitrogens with one attached hydrogen (secondary N) is 2. The maximum atomic E-state index is 13.3. The van der Waals surface area contributed by atoms with Gasteiger partial charge in [0.1, 0.15) is 23.6 Å². The van der Waals surface area contributed by atoms with Gasteiger partial charge in [-0.3, -0.25) is 0 Å². The second-order valence-electron chi connectivity index (χ2n) is 5.42. The molecule has 28 heavy (non-hydrogen) atoms. The van der Waals surface area contributed by atoms with Crippen LogP contribution in [0.3, 0.4) is 0 Å². The van der Waals surface area contributed by atoms with Crippen molar-refractivity contribution in [3.05, 3.63) is 58.2 Å². The predicted octanol–water partition coefficient (Wildman–Crippen LogP) is 5.41. The van der Waals surface area contributed by atoms with Crippen molar-refractivity contribution in [3.63, 3.8) is 0 Å². The zero-order valence-corrected chi connectivity index (χ0v) is 15.2. The number of nitrogens with two attached hydrogens (primary N) is 1. The van der Waals surface area contributed by atoms with Crippen molar-refractivity contribution >= 4 is 52.0 Å². The van der Waals surface area contributed by atoms with Gasteiger partial charge in [0.15, 0.2) is 11.6 Å². The van der Waals surface area contributed by atoms with E-state index < -0.39 is 17.6 Å². The zero-order chi connectivity index (χ0) is 20.5. The van der Waals surface area contributed by atoms with Gasteiger partial charge in [-0.25, -0.2) is 19.3 Å². The molecule has 0 aliphatic heterocycles. The van der Waals surface area contributed by atoms with Crippen LogP contribution in [0.1, 0.15) is 5.56 Å². The van der Waals surface area contributed by atoms with E-state index in [0.29, 0.717) is 11.9 Å². The van der Waals surface area contributed by atoms with Crippen LogP contribution in [0.15, 0.2) is 36.8 Å². The lowest BCUT2D eigenvalue weighted by Gasteiger charge is -2.14. The summed E-state index contributed by atoms with van der Waals surface area (Å²) in [5.74, 6) is -0.452. The number of hydrogen-bond donors (Lipinski definition) is 3. The number of rotatable bonds is 4. The summed E-state index contributed by atoms with van der Waals surface area (Å²) in [5, 5.41) is 5.12. The van der Waals surface area contributed by atoms with Crippen LogP contribution in [0, 0.1) is 5.82 Å². The van der Waals surface area contributed by atoms with Crippen LogP contribution in [0.25, 0.3) is 0 Å². The van der Waals surface area contributed by atoms with E-state index in [1.54, 1.807) is 0 Å². The highest BCUT2D eigenvalue weighted by molar-refractivity contribution is 6.33. The fourth-order valence-electron chi connectivity index (χ4n) is 2.10. The van der Waals surface area contributed by atoms with Gasteiger partial charge in [0.25, 0.3) is 0 Å². The van der Waals surface area contributed by atoms with Gasteiger partial charge in [0, 0.05) is 11.9 Å². The molecule has 4 N–H and O–H groups in total. The lowest BCUT2D eigenvalue weighted by Crippen LogP contribution is -2.08. The molecule has 0 aliphatic carbocycles. The van der Waals surface area contributed by atoms with Crippen molar-refractivity contribution in [2.75, 3.05) is 16.4 Å². The van der Waals surface area contributed by atoms with Crippen LogP contribution in [0.4, 0.5) is 46.4 Å². The second-order valence-corrected chi connectivity index (χ2v) is 6.23. The fourth-order valence-corrected chi connectivity index (χ4v) is 2.50. The normalized spacial score (nSPS) is 11.4. The molecule has 0 fully saturated rings. The molecule has 146 valence electrons. The minimum absolute atomic E-state index is 0.0284. The molecule has 2 aromatic heterocycles. The highest BCUT2D eigenvalue weighted by atomic mass is 35.5. The van der Waals surface area contributed by atoms with E-state index in [0.717, 1.165) is 18.5 Å². The number of pyridine rings is 1. The Balaban J connectivity index is 1.86. The Kier molecular flexibility index (Phi) is 5.43. The second kappa shape index (κ2) is 7.64. The van der Waals surface area contributed by atoms with E-state index in [9.17, 15) is 17.6 Å². The average Bonchev–Trinajstić information content (AvgIpc) is 2.62. The van der Waals surface area contributed by atoms with Crippen molar-refractivity contribution < 1.29 is 17.6 Å². The summed E-state index contributed by atoms with van der Waals surface area (Å²) >= 11 is 11.6. The largest absolute Gasteiger partial charge is 0.417 e. The van der Waals surface area contributed by atoms with Crippen LogP contribution in [-0.2, 0) is 6.18 Å². The molecule has 0 atom stereocenters. The summed E-state index contributed by atoms with van der Waals surface area (Å²) in [4.78, 5) is 11.6. The topological polar surface area (TPSA) is 88.8 Å². The Hall–Kier alpha value is -2.85. The third-order valence-electron chi connectivity index (χ3n) is 3.47. The number of hydrogen-bond acceptors (Lipinski definition) is 6. The number of nitrogens with zero attached hydrogens (tertiary/aromatic N) is 3. The number of benzene rings is 1. The molecule has 0 saturated heterocycles. The molecule has 0 saturated carbocycles. The zero-order valence-electron chi connectivity index (χ0n) is 13.7. The van der Waals surface area contributed by atoms with E-state index in [1.807, 2.05) is 0 Å². The first-order valence-corrected chi connectivity index (χ1v) is 8.23. The molecule has 12 heteroatoms. The van der Waals surface area contributed by atoms with E-state index in [1.165, 1.54) is 12.1 Å². The smallest absolute Gasteiger partial charge is 0.393 e. The first-order valence-electron chi connectivity index (χ1n) is 7.47. The van der Waals surface area contributed by atoms with E-state index in [4.69, 9.17) is 28.9 Å². The Morgan fingerprint density at radius 1 is 0.893 bits per heavy atom. The third kappa shape index (κ3) is 4.34. The summed E-state index contributed by atoms with van der Waals surface area (Å²) in [6.45, 7) is 0. The van der Waals surface area contributed by atoms with E-state index >= 15 is 0 Å². The van der Waals surface area contributed by atoms with Crippen LogP contribution in [0.2, 0.25) is 10.0 Å². The van der Waals surface area contributed by atoms with Gasteiger partial charge in [-0.05, 0) is 24.3 Å². The molecule has 3 rings (SSSR count). The van der Waals surface area contributed by atoms with Gasteiger partial charge in [0.2, 0.25) is 0 Å². The lowest BCUT2D eigenvalue weighted by atomic mass is 10.2. The van der Waals surface area contributed by atoms with Crippen molar-refractivity contribution in [1.82, 2.24) is 15.0 Å². The molecule has 6 nitrogen and oxygen atoms in total. The van der Waals surface area contributed by atoms with Crippen LogP contribution in [0.5, 0.6) is 0 Å². The Labute approximate surface area is 165 Å². The third-order valence-corrected chi connectivity index (χ3v) is 4.05. The maximum Gasteiger partial charge on any atom is 0.417 e. The molecular formula is C16H10Cl2F4N6. The predicted molar refractivity (Wildman–Crippen MR) is 98.7 cm³/mol. The van der Waals surface area contributed by atoms with Gasteiger partial charge in [-0.15, -0.1) is 0 Å². The minimum Gasteiger partial charge on any atom is -0.393 e. The first-order chi connectivity index (χ1) is 13.1. The van der Waals surface area contributed by atoms with Crippen LogP contribution >= 0.6 is 23.2 Å². The van der Waals surface area contributed by atoms with Crippen molar-refractivity contribution in [3.8, 4) is 0 Å². The molecule has 0 radical (unpaired) electrons. The Bertz CT molecular complexity index is 1030. The van der Waals surface area contributed by atoms with Gasteiger partial charge in [-0.2, -0.15) is 13.2 Å². The summed E-state index contributed by atoms with van der Waals surface area (Å²) in [5.41, 5.74) is 5.44. The lowest BCUT2D eigenvalue weighted by molar-refractivity contribution is -0.137. The van der Waals surface area contributed by atoms with Gasteiger partial charge < -0.3 is 16.4 Å². The van der Waals surface area contributed by atoms with E-state index in [-0.39, 0.29) is 33.2 Å². The van der Waals surface area contributed by atoms with Gasteiger partial charge in [0.05, 0.1) is 15.6 Å². The van der Waals surface area contributed by atoms with Crippen molar-refractivity contribution in [2.24, 2.45) is 0 Å². The number of aromatic nitrogens is 3. The molecule has 0 spiro atoms. The maximum absolute atomic E-state index is 13.3. The number of anilines is 5. The van der Waals surface area contributed by atoms with Crippen LogP contribution in [-0.4, -0.2) is 15.0 Å².